The Morgan fingerprint density at radius 3 is 1.73 bits per heavy atom. The number of hydrogen-bond donors (Lipinski definition) is 0. The van der Waals surface area contributed by atoms with Crippen molar-refractivity contribution in [1.82, 2.24) is 0 Å². The second-order valence-corrected chi connectivity index (χ2v) is 9.86. The summed E-state index contributed by atoms with van der Waals surface area (Å²) in [4.78, 5) is 0. The number of furan rings is 1. The summed E-state index contributed by atoms with van der Waals surface area (Å²) in [5, 5.41) is 3.39. The highest BCUT2D eigenvalue weighted by atomic mass is 16.3. The van der Waals surface area contributed by atoms with Gasteiger partial charge in [-0.05, 0) is 66.5 Å². The molecule has 41 heavy (non-hydrogen) atoms. The van der Waals surface area contributed by atoms with Crippen molar-refractivity contribution in [3.05, 3.63) is 145 Å². The molecular formula is C40H24O. The van der Waals surface area contributed by atoms with Crippen LogP contribution < -0.4 is 0 Å². The first-order valence-electron chi connectivity index (χ1n) is 19.6. The normalized spacial score (nSPS) is 16.3. The Kier molecular flexibility index (Phi) is 2.77. The van der Waals surface area contributed by atoms with Gasteiger partial charge in [-0.15, -0.1) is 0 Å². The molecule has 1 heterocycles. The molecule has 0 aliphatic heterocycles. The number of hydrogen-bond acceptors (Lipinski definition) is 1. The lowest BCUT2D eigenvalue weighted by Gasteiger charge is -2.19. The van der Waals surface area contributed by atoms with E-state index in [0.29, 0.717) is 38.3 Å². The fourth-order valence-electron chi connectivity index (χ4n) is 6.09. The smallest absolute Gasteiger partial charge is 0.143 e. The molecule has 190 valence electrons. The van der Waals surface area contributed by atoms with Crippen LogP contribution in [-0.4, -0.2) is 0 Å². The topological polar surface area (TPSA) is 13.1 Å². The predicted octanol–water partition coefficient (Wildman–Crippen LogP) is 11.5. The molecule has 1 nitrogen and oxygen atoms in total. The van der Waals surface area contributed by atoms with Gasteiger partial charge in [0, 0.05) is 21.7 Å². The Hall–Kier alpha value is -5.40. The van der Waals surface area contributed by atoms with Crippen LogP contribution in [0.1, 0.15) is 17.8 Å². The lowest BCUT2D eigenvalue weighted by atomic mass is 9.83. The Labute approximate surface area is 255 Å². The van der Waals surface area contributed by atoms with E-state index in [-0.39, 0.29) is 32.7 Å². The van der Waals surface area contributed by atoms with Crippen LogP contribution in [0.15, 0.2) is 150 Å². The molecule has 0 aliphatic carbocycles. The zero-order valence-electron chi connectivity index (χ0n) is 34.3. The summed E-state index contributed by atoms with van der Waals surface area (Å²) in [7, 11) is 0. The highest BCUT2D eigenvalue weighted by molar-refractivity contribution is 6.31. The highest BCUT2D eigenvalue weighted by Gasteiger charge is 2.23. The number of benzene rings is 8. The zero-order chi connectivity index (χ0) is 38.2. The van der Waals surface area contributed by atoms with Crippen LogP contribution in [0.4, 0.5) is 0 Å². The lowest BCUT2D eigenvalue weighted by Crippen LogP contribution is -1.92. The molecular weight excluding hydrogens is 496 g/mol. The molecule has 0 saturated carbocycles. The molecule has 0 saturated heterocycles. The molecule has 0 N–H and O–H groups in total. The minimum absolute atomic E-state index is 0.0628. The fraction of sp³-hybridized carbons (Fsp3) is 0. The van der Waals surface area contributed by atoms with Gasteiger partial charge < -0.3 is 4.42 Å². The Morgan fingerprint density at radius 2 is 1.02 bits per heavy atom. The van der Waals surface area contributed by atoms with Crippen LogP contribution in [-0.2, 0) is 0 Å². The minimum Gasteiger partial charge on any atom is -0.455 e. The average Bonchev–Trinajstić information content (AvgIpc) is 3.56. The summed E-state index contributed by atoms with van der Waals surface area (Å²) in [5.74, 6) is 0. The van der Waals surface area contributed by atoms with Gasteiger partial charge in [-0.25, -0.2) is 0 Å². The molecule has 0 aliphatic rings. The maximum Gasteiger partial charge on any atom is 0.143 e. The van der Waals surface area contributed by atoms with Gasteiger partial charge in [0.25, 0.3) is 0 Å². The highest BCUT2D eigenvalue weighted by Crippen LogP contribution is 2.49. The summed E-state index contributed by atoms with van der Waals surface area (Å²) in [5.41, 5.74) is 0.642. The van der Waals surface area contributed by atoms with Gasteiger partial charge in [-0.3, -0.25) is 0 Å². The lowest BCUT2D eigenvalue weighted by molar-refractivity contribution is 0.673. The average molecular weight is 534 g/mol. The summed E-state index contributed by atoms with van der Waals surface area (Å²) in [6.07, 6.45) is 0. The molecule has 1 aromatic heterocycles. The summed E-state index contributed by atoms with van der Waals surface area (Å²) >= 11 is 0. The SMILES string of the molecule is [2H]c1c([2H])c([2H])c(-c2c3c([2H])c([2H])c([2H])c([2H])c3c(-c3c4ccccc4cc4oc5c6ccccc6ccc5c34)c3c([2H])c([2H])c([2H])c([2H])c23)c([2H])c1[2H]. The molecule has 0 bridgehead atoms. The fourth-order valence-corrected chi connectivity index (χ4v) is 6.09. The van der Waals surface area contributed by atoms with Crippen molar-refractivity contribution in [3.8, 4) is 22.3 Å². The first kappa shape index (κ1) is 13.3. The Balaban J connectivity index is 1.68. The van der Waals surface area contributed by atoms with Crippen molar-refractivity contribution in [3.63, 3.8) is 0 Å². The summed E-state index contributed by atoms with van der Waals surface area (Å²) < 4.78 is 123. The van der Waals surface area contributed by atoms with Crippen LogP contribution >= 0.6 is 0 Å². The van der Waals surface area contributed by atoms with Gasteiger partial charge in [-0.1, -0.05) is 133 Å². The molecule has 0 atom stereocenters. The van der Waals surface area contributed by atoms with Crippen LogP contribution in [0.5, 0.6) is 0 Å². The second kappa shape index (κ2) is 8.55. The standard InChI is InChI=1S/C40H24O/c1-2-13-26(14-3-1)36-30-18-8-10-20-32(30)37(33-21-11-9-19-31(33)36)39-28-16-6-5-15-27(28)24-35-38(39)34-23-22-25-12-4-7-17-29(25)40(34)41-35/h1-24H/i1D,2D,3D,8D,9D,10D,11D,13D,14D,18D,19D,20D,21D. The van der Waals surface area contributed by atoms with Crippen molar-refractivity contribution in [2.24, 2.45) is 0 Å². The first-order chi connectivity index (χ1) is 25.8. The second-order valence-electron chi connectivity index (χ2n) is 9.86. The molecule has 0 unspecified atom stereocenters. The number of fused-ring (bicyclic) bond motifs is 8. The van der Waals surface area contributed by atoms with E-state index in [1.54, 1.807) is 6.07 Å². The van der Waals surface area contributed by atoms with E-state index in [0.717, 1.165) is 10.8 Å². The third kappa shape index (κ3) is 3.18. The van der Waals surface area contributed by atoms with Gasteiger partial charge in [0.2, 0.25) is 0 Å². The maximum atomic E-state index is 9.44. The molecule has 0 amide bonds. The minimum atomic E-state index is -0.717. The predicted molar refractivity (Wildman–Crippen MR) is 175 cm³/mol. The van der Waals surface area contributed by atoms with Gasteiger partial charge in [0.05, 0.1) is 17.8 Å². The van der Waals surface area contributed by atoms with Gasteiger partial charge >= 0.3 is 0 Å². The van der Waals surface area contributed by atoms with Gasteiger partial charge in [0.15, 0.2) is 0 Å². The third-order valence-electron chi connectivity index (χ3n) is 7.75. The van der Waals surface area contributed by atoms with Crippen LogP contribution in [0.2, 0.25) is 0 Å². The Morgan fingerprint density at radius 1 is 0.439 bits per heavy atom. The monoisotopic (exact) mass is 533 g/mol. The third-order valence-corrected chi connectivity index (χ3v) is 7.75. The number of rotatable bonds is 2. The van der Waals surface area contributed by atoms with Crippen molar-refractivity contribution in [2.45, 2.75) is 0 Å². The maximum absolute atomic E-state index is 9.44. The summed E-state index contributed by atoms with van der Waals surface area (Å²) in [6, 6.07) is 12.2. The zero-order valence-corrected chi connectivity index (χ0v) is 21.3. The van der Waals surface area contributed by atoms with Crippen LogP contribution in [0, 0.1) is 0 Å². The largest absolute Gasteiger partial charge is 0.455 e. The Bertz CT molecular complexity index is 3090. The van der Waals surface area contributed by atoms with Crippen molar-refractivity contribution < 1.29 is 22.2 Å². The van der Waals surface area contributed by atoms with E-state index in [2.05, 4.69) is 0 Å². The van der Waals surface area contributed by atoms with E-state index < -0.39 is 84.1 Å². The molecule has 1 heteroatoms. The molecule has 9 rings (SSSR count). The van der Waals surface area contributed by atoms with Crippen LogP contribution in [0.3, 0.4) is 0 Å². The van der Waals surface area contributed by atoms with E-state index in [9.17, 15) is 5.48 Å². The van der Waals surface area contributed by atoms with E-state index in [4.69, 9.17) is 16.8 Å². The molecule has 0 radical (unpaired) electrons. The van der Waals surface area contributed by atoms with Gasteiger partial charge in [0.1, 0.15) is 11.2 Å². The molecule has 9 aromatic rings. The van der Waals surface area contributed by atoms with E-state index in [1.807, 2.05) is 60.7 Å². The van der Waals surface area contributed by atoms with Crippen LogP contribution in [0.25, 0.3) is 87.3 Å². The van der Waals surface area contributed by atoms with Crippen molar-refractivity contribution >= 4 is 65.0 Å². The van der Waals surface area contributed by atoms with Gasteiger partial charge in [-0.2, -0.15) is 0 Å². The first-order valence-corrected chi connectivity index (χ1v) is 13.1. The molecule has 0 fully saturated rings. The quantitative estimate of drug-likeness (QED) is 0.201. The van der Waals surface area contributed by atoms with Crippen molar-refractivity contribution in [1.29, 1.82) is 0 Å². The molecule has 0 spiro atoms. The van der Waals surface area contributed by atoms with E-state index >= 15 is 0 Å². The van der Waals surface area contributed by atoms with Crippen molar-refractivity contribution in [2.75, 3.05) is 0 Å². The molecule has 8 aromatic carbocycles. The van der Waals surface area contributed by atoms with E-state index in [1.165, 1.54) is 0 Å². The summed E-state index contributed by atoms with van der Waals surface area (Å²) in [6.45, 7) is 0.